The molecule has 0 aliphatic carbocycles. The van der Waals surface area contributed by atoms with E-state index in [9.17, 15) is 0 Å². The molecule has 18 heavy (non-hydrogen) atoms. The Hall–Kier alpha value is -0.860. The number of benzene rings is 1. The van der Waals surface area contributed by atoms with Crippen LogP contribution in [0.15, 0.2) is 24.3 Å². The maximum atomic E-state index is 5.67. The Balaban J connectivity index is 2.65. The van der Waals surface area contributed by atoms with Gasteiger partial charge in [-0.05, 0) is 50.4 Å². The van der Waals surface area contributed by atoms with E-state index in [1.165, 1.54) is 17.5 Å². The Kier molecular flexibility index (Phi) is 6.37. The fourth-order valence-electron chi connectivity index (χ4n) is 2.40. The molecule has 0 amide bonds. The molecule has 1 rings (SSSR count). The molecule has 1 unspecified atom stereocenters. The van der Waals surface area contributed by atoms with Gasteiger partial charge in [0.25, 0.3) is 0 Å². The van der Waals surface area contributed by atoms with Gasteiger partial charge in [-0.2, -0.15) is 0 Å². The Morgan fingerprint density at radius 3 is 2.28 bits per heavy atom. The van der Waals surface area contributed by atoms with Crippen LogP contribution in [0.4, 0.5) is 0 Å². The second-order valence-corrected chi connectivity index (χ2v) is 5.70. The molecule has 0 saturated carbocycles. The Bertz CT molecular complexity index is 347. The molecular formula is C16H28N2. The van der Waals surface area contributed by atoms with E-state index in [1.54, 1.807) is 0 Å². The van der Waals surface area contributed by atoms with Gasteiger partial charge in [-0.3, -0.25) is 4.90 Å². The molecule has 1 aromatic rings. The van der Waals surface area contributed by atoms with Crippen molar-refractivity contribution in [3.05, 3.63) is 35.4 Å². The summed E-state index contributed by atoms with van der Waals surface area (Å²) in [5.74, 6) is 0.752. The highest BCUT2D eigenvalue weighted by molar-refractivity contribution is 5.27. The maximum Gasteiger partial charge on any atom is 0.0236 e. The van der Waals surface area contributed by atoms with Crippen LogP contribution in [-0.4, -0.2) is 24.5 Å². The molecule has 1 atom stereocenters. The average Bonchev–Trinajstić information content (AvgIpc) is 2.31. The Morgan fingerprint density at radius 2 is 1.72 bits per heavy atom. The second kappa shape index (κ2) is 7.55. The third-order valence-corrected chi connectivity index (χ3v) is 3.52. The molecule has 0 aliphatic heterocycles. The number of hydrogen-bond acceptors (Lipinski definition) is 2. The molecule has 0 spiro atoms. The zero-order valence-electron chi connectivity index (χ0n) is 12.3. The summed E-state index contributed by atoms with van der Waals surface area (Å²) < 4.78 is 0. The van der Waals surface area contributed by atoms with Crippen LogP contribution in [-0.2, 0) is 13.0 Å². The van der Waals surface area contributed by atoms with Crippen LogP contribution in [0.3, 0.4) is 0 Å². The van der Waals surface area contributed by atoms with Crippen molar-refractivity contribution in [3.63, 3.8) is 0 Å². The molecule has 2 nitrogen and oxygen atoms in total. The predicted octanol–water partition coefficient (Wildman–Crippen LogP) is 3.05. The Morgan fingerprint density at radius 1 is 1.11 bits per heavy atom. The van der Waals surface area contributed by atoms with Crippen LogP contribution in [0.5, 0.6) is 0 Å². The highest BCUT2D eigenvalue weighted by Crippen LogP contribution is 2.16. The van der Waals surface area contributed by atoms with Gasteiger partial charge >= 0.3 is 0 Å². The monoisotopic (exact) mass is 248 g/mol. The zero-order chi connectivity index (χ0) is 13.5. The van der Waals surface area contributed by atoms with Crippen LogP contribution in [0, 0.1) is 5.92 Å². The summed E-state index contributed by atoms with van der Waals surface area (Å²) in [5.41, 5.74) is 8.48. The van der Waals surface area contributed by atoms with Gasteiger partial charge in [0, 0.05) is 12.6 Å². The highest BCUT2D eigenvalue weighted by atomic mass is 15.1. The van der Waals surface area contributed by atoms with Crippen LogP contribution < -0.4 is 5.73 Å². The fraction of sp³-hybridized carbons (Fsp3) is 0.625. The van der Waals surface area contributed by atoms with Crippen molar-refractivity contribution in [2.24, 2.45) is 11.7 Å². The molecule has 0 heterocycles. The summed E-state index contributed by atoms with van der Waals surface area (Å²) in [7, 11) is 2.21. The predicted molar refractivity (Wildman–Crippen MR) is 79.6 cm³/mol. The van der Waals surface area contributed by atoms with E-state index >= 15 is 0 Å². The molecule has 2 heteroatoms. The summed E-state index contributed by atoms with van der Waals surface area (Å²) in [6.07, 6.45) is 2.22. The fourth-order valence-corrected chi connectivity index (χ4v) is 2.40. The lowest BCUT2D eigenvalue weighted by Gasteiger charge is -2.27. The van der Waals surface area contributed by atoms with Crippen LogP contribution in [0.25, 0.3) is 0 Å². The number of hydrogen-bond donors (Lipinski definition) is 1. The molecular weight excluding hydrogens is 220 g/mol. The molecule has 0 saturated heterocycles. The van der Waals surface area contributed by atoms with Crippen LogP contribution >= 0.6 is 0 Å². The summed E-state index contributed by atoms with van der Waals surface area (Å²) >= 11 is 0. The summed E-state index contributed by atoms with van der Waals surface area (Å²) in [4.78, 5) is 2.44. The summed E-state index contributed by atoms with van der Waals surface area (Å²) in [6.45, 7) is 8.62. The van der Waals surface area contributed by atoms with E-state index < -0.39 is 0 Å². The van der Waals surface area contributed by atoms with Crippen molar-refractivity contribution in [2.75, 3.05) is 13.6 Å². The van der Waals surface area contributed by atoms with E-state index in [1.807, 2.05) is 0 Å². The van der Waals surface area contributed by atoms with Crippen LogP contribution in [0.2, 0.25) is 0 Å². The first-order chi connectivity index (χ1) is 8.54. The minimum Gasteiger partial charge on any atom is -0.330 e. The van der Waals surface area contributed by atoms with E-state index in [-0.39, 0.29) is 0 Å². The normalized spacial score (nSPS) is 13.3. The Labute approximate surface area is 112 Å². The van der Waals surface area contributed by atoms with Gasteiger partial charge in [-0.15, -0.1) is 0 Å². The van der Waals surface area contributed by atoms with Crippen molar-refractivity contribution in [1.82, 2.24) is 4.90 Å². The average molecular weight is 248 g/mol. The minimum atomic E-state index is 0.621. The summed E-state index contributed by atoms with van der Waals surface area (Å²) in [6, 6.07) is 9.27. The highest BCUT2D eigenvalue weighted by Gasteiger charge is 2.12. The lowest BCUT2D eigenvalue weighted by molar-refractivity contribution is 0.220. The number of nitrogens with two attached hydrogens (primary N) is 1. The lowest BCUT2D eigenvalue weighted by Crippen LogP contribution is -2.30. The van der Waals surface area contributed by atoms with E-state index in [0.29, 0.717) is 6.04 Å². The largest absolute Gasteiger partial charge is 0.330 e. The smallest absolute Gasteiger partial charge is 0.0236 e. The van der Waals surface area contributed by atoms with Gasteiger partial charge in [-0.25, -0.2) is 0 Å². The van der Waals surface area contributed by atoms with Crippen molar-refractivity contribution in [1.29, 1.82) is 0 Å². The van der Waals surface area contributed by atoms with Crippen molar-refractivity contribution in [3.8, 4) is 0 Å². The first kappa shape index (κ1) is 15.2. The van der Waals surface area contributed by atoms with E-state index in [4.69, 9.17) is 5.73 Å². The first-order valence-corrected chi connectivity index (χ1v) is 7.01. The molecule has 0 bridgehead atoms. The molecule has 1 aromatic carbocycles. The van der Waals surface area contributed by atoms with Gasteiger partial charge in [0.15, 0.2) is 0 Å². The van der Waals surface area contributed by atoms with Crippen molar-refractivity contribution in [2.45, 2.75) is 46.2 Å². The van der Waals surface area contributed by atoms with Crippen molar-refractivity contribution >= 4 is 0 Å². The third-order valence-electron chi connectivity index (χ3n) is 3.52. The van der Waals surface area contributed by atoms with Gasteiger partial charge in [0.2, 0.25) is 0 Å². The quantitative estimate of drug-likeness (QED) is 0.803. The maximum absolute atomic E-state index is 5.67. The van der Waals surface area contributed by atoms with Crippen LogP contribution in [0.1, 0.15) is 38.3 Å². The lowest BCUT2D eigenvalue weighted by atomic mass is 10.0. The van der Waals surface area contributed by atoms with Gasteiger partial charge in [-0.1, -0.05) is 38.1 Å². The first-order valence-electron chi connectivity index (χ1n) is 7.01. The molecule has 0 aromatic heterocycles. The summed E-state index contributed by atoms with van der Waals surface area (Å²) in [5, 5.41) is 0. The molecule has 102 valence electrons. The van der Waals surface area contributed by atoms with Gasteiger partial charge < -0.3 is 5.73 Å². The molecule has 0 aliphatic rings. The third kappa shape index (κ3) is 4.79. The van der Waals surface area contributed by atoms with E-state index in [0.717, 1.165) is 25.4 Å². The van der Waals surface area contributed by atoms with Gasteiger partial charge in [0.1, 0.15) is 0 Å². The molecule has 0 radical (unpaired) electrons. The van der Waals surface area contributed by atoms with Crippen molar-refractivity contribution < 1.29 is 0 Å². The van der Waals surface area contributed by atoms with E-state index in [2.05, 4.69) is 57.0 Å². The zero-order valence-corrected chi connectivity index (χ0v) is 12.3. The minimum absolute atomic E-state index is 0.621. The number of rotatable bonds is 7. The molecule has 0 fully saturated rings. The van der Waals surface area contributed by atoms with Gasteiger partial charge in [0.05, 0.1) is 0 Å². The topological polar surface area (TPSA) is 29.3 Å². The molecule has 2 N–H and O–H groups in total. The standard InChI is InChI=1S/C16H28N2/c1-13(2)11-14(3)18(4)12-16-8-6-5-7-15(16)9-10-17/h5-8,13-14H,9-12,17H2,1-4H3. The SMILES string of the molecule is CC(C)CC(C)N(C)Cc1ccccc1CCN. The second-order valence-electron chi connectivity index (χ2n) is 5.70. The number of nitrogens with zero attached hydrogens (tertiary/aromatic N) is 1.